The van der Waals surface area contributed by atoms with Crippen LogP contribution < -0.4 is 0 Å². The van der Waals surface area contributed by atoms with Gasteiger partial charge in [0.2, 0.25) is 0 Å². The Morgan fingerprint density at radius 1 is 1.17 bits per heavy atom. The fourth-order valence-corrected chi connectivity index (χ4v) is 3.09. The summed E-state index contributed by atoms with van der Waals surface area (Å²) in [5.74, 6) is -1.09. The predicted octanol–water partition coefficient (Wildman–Crippen LogP) is 3.92. The van der Waals surface area contributed by atoms with Crippen LogP contribution in [0.4, 0.5) is 0 Å². The molecule has 3 nitrogen and oxygen atoms in total. The maximum atomic E-state index is 11.0. The maximum Gasteiger partial charge on any atom is 0.339 e. The van der Waals surface area contributed by atoms with Crippen LogP contribution in [0.25, 0.3) is 0 Å². The summed E-state index contributed by atoms with van der Waals surface area (Å²) in [6.07, 6.45) is 3.89. The van der Waals surface area contributed by atoms with Crippen molar-refractivity contribution in [1.82, 2.24) is 0 Å². The quantitative estimate of drug-likeness (QED) is 0.743. The molecule has 0 aromatic carbocycles. The molecule has 0 amide bonds. The first-order valence-electron chi connectivity index (χ1n) is 6.27. The zero-order chi connectivity index (χ0) is 14.4. The van der Waals surface area contributed by atoms with Crippen LogP contribution in [-0.4, -0.2) is 16.2 Å². The molecule has 0 saturated heterocycles. The van der Waals surface area contributed by atoms with E-state index in [1.807, 2.05) is 6.08 Å². The largest absolute Gasteiger partial charge is 0.511 e. The van der Waals surface area contributed by atoms with Crippen molar-refractivity contribution in [3.8, 4) is 0 Å². The molecule has 0 spiro atoms. The topological polar surface area (TPSA) is 57.5 Å². The minimum absolute atomic E-state index is 0.0131. The van der Waals surface area contributed by atoms with Gasteiger partial charge in [0.15, 0.2) is 0 Å². The van der Waals surface area contributed by atoms with Crippen molar-refractivity contribution in [2.24, 2.45) is 16.2 Å². The van der Waals surface area contributed by atoms with E-state index in [0.29, 0.717) is 6.42 Å². The fourth-order valence-electron chi connectivity index (χ4n) is 3.09. The molecule has 0 heterocycles. The van der Waals surface area contributed by atoms with Crippen LogP contribution in [0.15, 0.2) is 23.5 Å². The van der Waals surface area contributed by atoms with Gasteiger partial charge in [0, 0.05) is 11.8 Å². The SMILES string of the molecule is CC(C)(C)C1(C(C)(C)C)C=CC(C(=O)O)=C(O)C1. The number of hydrogen-bond donors (Lipinski definition) is 2. The average molecular weight is 252 g/mol. The number of rotatable bonds is 1. The molecule has 0 radical (unpaired) electrons. The van der Waals surface area contributed by atoms with E-state index in [-0.39, 0.29) is 27.6 Å². The summed E-state index contributed by atoms with van der Waals surface area (Å²) >= 11 is 0. The first-order valence-corrected chi connectivity index (χ1v) is 6.27. The number of carboxylic acid groups (broad SMARTS) is 1. The van der Waals surface area contributed by atoms with E-state index >= 15 is 0 Å². The minimum Gasteiger partial charge on any atom is -0.511 e. The molecule has 3 heteroatoms. The molecule has 1 aliphatic rings. The number of aliphatic hydroxyl groups is 1. The second-order valence-electron chi connectivity index (χ2n) is 7.15. The van der Waals surface area contributed by atoms with Crippen LogP contribution in [0, 0.1) is 16.2 Å². The van der Waals surface area contributed by atoms with Crippen molar-refractivity contribution in [1.29, 1.82) is 0 Å². The summed E-state index contributed by atoms with van der Waals surface area (Å²) in [4.78, 5) is 11.0. The highest BCUT2D eigenvalue weighted by atomic mass is 16.4. The Kier molecular flexibility index (Phi) is 3.41. The van der Waals surface area contributed by atoms with E-state index in [2.05, 4.69) is 41.5 Å². The van der Waals surface area contributed by atoms with Crippen LogP contribution in [0.2, 0.25) is 0 Å². The van der Waals surface area contributed by atoms with Crippen molar-refractivity contribution in [2.45, 2.75) is 48.0 Å². The van der Waals surface area contributed by atoms with Gasteiger partial charge in [-0.1, -0.05) is 47.6 Å². The maximum absolute atomic E-state index is 11.0. The third kappa shape index (κ3) is 2.18. The molecule has 18 heavy (non-hydrogen) atoms. The van der Waals surface area contributed by atoms with Gasteiger partial charge >= 0.3 is 5.97 Å². The number of carbonyl (C=O) groups is 1. The van der Waals surface area contributed by atoms with Gasteiger partial charge < -0.3 is 10.2 Å². The summed E-state index contributed by atoms with van der Waals surface area (Å²) < 4.78 is 0. The van der Waals surface area contributed by atoms with Gasteiger partial charge in [-0.3, -0.25) is 0 Å². The number of hydrogen-bond acceptors (Lipinski definition) is 2. The molecule has 0 unspecified atom stereocenters. The summed E-state index contributed by atoms with van der Waals surface area (Å²) in [7, 11) is 0. The summed E-state index contributed by atoms with van der Waals surface area (Å²) in [6, 6.07) is 0. The highest BCUT2D eigenvalue weighted by Crippen LogP contribution is 2.57. The van der Waals surface area contributed by atoms with E-state index in [4.69, 9.17) is 5.11 Å². The Balaban J connectivity index is 3.34. The molecule has 102 valence electrons. The molecule has 0 bridgehead atoms. The lowest BCUT2D eigenvalue weighted by molar-refractivity contribution is -0.132. The molecular formula is C15H24O3. The molecule has 0 atom stereocenters. The van der Waals surface area contributed by atoms with Crippen molar-refractivity contribution in [3.63, 3.8) is 0 Å². The Morgan fingerprint density at radius 2 is 1.61 bits per heavy atom. The first kappa shape index (κ1) is 14.8. The van der Waals surface area contributed by atoms with Gasteiger partial charge in [0.25, 0.3) is 0 Å². The number of carboxylic acids is 1. The van der Waals surface area contributed by atoms with Crippen LogP contribution >= 0.6 is 0 Å². The van der Waals surface area contributed by atoms with Gasteiger partial charge in [-0.05, 0) is 16.9 Å². The summed E-state index contributed by atoms with van der Waals surface area (Å²) in [6.45, 7) is 12.8. The zero-order valence-electron chi connectivity index (χ0n) is 12.2. The van der Waals surface area contributed by atoms with Crippen molar-refractivity contribution >= 4 is 5.97 Å². The minimum atomic E-state index is -1.07. The normalized spacial score (nSPS) is 20.1. The highest BCUT2D eigenvalue weighted by Gasteiger charge is 2.50. The van der Waals surface area contributed by atoms with Crippen molar-refractivity contribution in [2.75, 3.05) is 0 Å². The zero-order valence-corrected chi connectivity index (χ0v) is 12.2. The molecule has 0 aromatic rings. The second-order valence-corrected chi connectivity index (χ2v) is 7.15. The van der Waals surface area contributed by atoms with Gasteiger partial charge in [-0.2, -0.15) is 0 Å². The lowest BCUT2D eigenvalue weighted by atomic mass is 9.51. The second kappa shape index (κ2) is 4.15. The van der Waals surface area contributed by atoms with Gasteiger partial charge in [-0.25, -0.2) is 4.79 Å². The Labute approximate surface area is 109 Å². The molecule has 1 rings (SSSR count). The van der Waals surface area contributed by atoms with Crippen LogP contribution in [0.5, 0.6) is 0 Å². The van der Waals surface area contributed by atoms with E-state index in [0.717, 1.165) is 0 Å². The molecule has 0 fully saturated rings. The summed E-state index contributed by atoms with van der Waals surface area (Å²) in [5.41, 5.74) is -0.387. The Morgan fingerprint density at radius 3 is 1.89 bits per heavy atom. The summed E-state index contributed by atoms with van der Waals surface area (Å²) in [5, 5.41) is 19.1. The lowest BCUT2D eigenvalue weighted by Gasteiger charge is -2.53. The van der Waals surface area contributed by atoms with Crippen LogP contribution in [0.3, 0.4) is 0 Å². The smallest absolute Gasteiger partial charge is 0.339 e. The lowest BCUT2D eigenvalue weighted by Crippen LogP contribution is -2.46. The number of aliphatic hydroxyl groups excluding tert-OH is 1. The van der Waals surface area contributed by atoms with Gasteiger partial charge in [-0.15, -0.1) is 0 Å². The van der Waals surface area contributed by atoms with Crippen molar-refractivity contribution in [3.05, 3.63) is 23.5 Å². The monoisotopic (exact) mass is 252 g/mol. The van der Waals surface area contributed by atoms with Crippen molar-refractivity contribution < 1.29 is 15.0 Å². The van der Waals surface area contributed by atoms with E-state index < -0.39 is 5.97 Å². The molecule has 0 aliphatic heterocycles. The van der Waals surface area contributed by atoms with Gasteiger partial charge in [0.1, 0.15) is 5.76 Å². The van der Waals surface area contributed by atoms with E-state index in [1.54, 1.807) is 6.08 Å². The molecule has 0 aromatic heterocycles. The number of aliphatic carboxylic acids is 1. The third-order valence-electron chi connectivity index (χ3n) is 4.20. The third-order valence-corrected chi connectivity index (χ3v) is 4.20. The molecule has 0 saturated carbocycles. The van der Waals surface area contributed by atoms with Gasteiger partial charge in [0.05, 0.1) is 5.57 Å². The molecule has 1 aliphatic carbocycles. The van der Waals surface area contributed by atoms with E-state index in [1.165, 1.54) is 0 Å². The molecule has 2 N–H and O–H groups in total. The first-order chi connectivity index (χ1) is 7.92. The predicted molar refractivity (Wildman–Crippen MR) is 72.4 cm³/mol. The number of allylic oxidation sites excluding steroid dienone is 2. The standard InChI is InChI=1S/C15H24O3/c1-13(2,3)15(14(4,5)6)8-7-10(12(17)18)11(16)9-15/h7-8,16H,9H2,1-6H3,(H,17,18). The Bertz CT molecular complexity index is 400. The Hall–Kier alpha value is -1.25. The molecular weight excluding hydrogens is 228 g/mol. The highest BCUT2D eigenvalue weighted by molar-refractivity contribution is 5.90. The van der Waals surface area contributed by atoms with Crippen LogP contribution in [-0.2, 0) is 4.79 Å². The average Bonchev–Trinajstić information content (AvgIpc) is 2.12. The van der Waals surface area contributed by atoms with E-state index in [9.17, 15) is 9.90 Å². The van der Waals surface area contributed by atoms with Crippen LogP contribution in [0.1, 0.15) is 48.0 Å². The fraction of sp³-hybridized carbons (Fsp3) is 0.667.